The molecule has 1 heterocycles. The molecule has 5 nitrogen and oxygen atoms in total. The summed E-state index contributed by atoms with van der Waals surface area (Å²) in [6.45, 7) is 4.18. The van der Waals surface area contributed by atoms with Crippen molar-refractivity contribution >= 4 is 23.2 Å². The zero-order valence-electron chi connectivity index (χ0n) is 17.5. The first kappa shape index (κ1) is 22.0. The number of nitrogens with zero attached hydrogens (tertiary/aromatic N) is 1. The molecule has 1 aliphatic rings. The number of likely N-dealkylation sites (tertiary alicyclic amines) is 1. The second-order valence-electron chi connectivity index (χ2n) is 7.44. The highest BCUT2D eigenvalue weighted by Gasteiger charge is 2.26. The molecule has 1 unspecified atom stereocenters. The van der Waals surface area contributed by atoms with Crippen LogP contribution in [-0.4, -0.2) is 43.6 Å². The van der Waals surface area contributed by atoms with Crippen LogP contribution < -0.4 is 15.4 Å². The Hall–Kier alpha value is -2.68. The van der Waals surface area contributed by atoms with E-state index in [1.165, 1.54) is 5.56 Å². The number of amides is 1. The Morgan fingerprint density at radius 2 is 2.00 bits per heavy atom. The molecule has 6 heteroatoms. The molecule has 2 N–H and O–H groups in total. The summed E-state index contributed by atoms with van der Waals surface area (Å²) in [5, 5.41) is 6.59. The second kappa shape index (κ2) is 10.4. The van der Waals surface area contributed by atoms with Gasteiger partial charge in [0.05, 0.1) is 16.3 Å². The second-order valence-corrected chi connectivity index (χ2v) is 7.85. The summed E-state index contributed by atoms with van der Waals surface area (Å²) in [4.78, 5) is 15.4. The zero-order chi connectivity index (χ0) is 21.5. The normalized spacial score (nSPS) is 15.8. The fraction of sp³-hybridized carbons (Fsp3) is 0.375. The monoisotopic (exact) mass is 425 g/mol. The molecule has 3 rings (SSSR count). The van der Waals surface area contributed by atoms with Crippen LogP contribution in [0.1, 0.15) is 41.7 Å². The minimum atomic E-state index is -0.193. The van der Waals surface area contributed by atoms with E-state index in [0.29, 0.717) is 28.1 Å². The van der Waals surface area contributed by atoms with Gasteiger partial charge in [-0.1, -0.05) is 47.9 Å². The molecule has 1 saturated heterocycles. The van der Waals surface area contributed by atoms with Crippen LogP contribution in [0.2, 0.25) is 5.02 Å². The van der Waals surface area contributed by atoms with Gasteiger partial charge in [-0.25, -0.2) is 0 Å². The molecule has 0 bridgehead atoms. The SMILES string of the molecule is C#CCOc1cc(NC)c(Cl)cc1C(=O)NC1CCN(C(C)c2ccccc2)CC1. The van der Waals surface area contributed by atoms with E-state index in [4.69, 9.17) is 22.8 Å². The highest BCUT2D eigenvalue weighted by molar-refractivity contribution is 6.33. The fourth-order valence-electron chi connectivity index (χ4n) is 3.80. The molecule has 1 aliphatic heterocycles. The Balaban J connectivity index is 1.63. The number of carbonyl (C=O) groups excluding carboxylic acids is 1. The van der Waals surface area contributed by atoms with Gasteiger partial charge in [0.15, 0.2) is 0 Å². The molecule has 0 aliphatic carbocycles. The molecule has 0 radical (unpaired) electrons. The number of piperidine rings is 1. The Morgan fingerprint density at radius 1 is 1.30 bits per heavy atom. The lowest BCUT2D eigenvalue weighted by atomic mass is 10.00. The van der Waals surface area contributed by atoms with Crippen molar-refractivity contribution in [3.8, 4) is 18.1 Å². The lowest BCUT2D eigenvalue weighted by molar-refractivity contribution is 0.0892. The molecule has 0 spiro atoms. The van der Waals surface area contributed by atoms with Gasteiger partial charge in [-0.2, -0.15) is 0 Å². The van der Waals surface area contributed by atoms with Crippen molar-refractivity contribution in [2.24, 2.45) is 0 Å². The molecule has 0 aromatic heterocycles. The van der Waals surface area contributed by atoms with Gasteiger partial charge < -0.3 is 15.4 Å². The van der Waals surface area contributed by atoms with E-state index in [9.17, 15) is 4.79 Å². The average molecular weight is 426 g/mol. The van der Waals surface area contributed by atoms with E-state index < -0.39 is 0 Å². The number of ether oxygens (including phenoxy) is 1. The number of hydrogen-bond donors (Lipinski definition) is 2. The molecule has 2 aromatic rings. The number of carbonyl (C=O) groups is 1. The van der Waals surface area contributed by atoms with E-state index in [1.807, 2.05) is 6.07 Å². The number of hydrogen-bond acceptors (Lipinski definition) is 4. The summed E-state index contributed by atoms with van der Waals surface area (Å²) < 4.78 is 5.59. The van der Waals surface area contributed by atoms with Crippen molar-refractivity contribution in [3.05, 3.63) is 58.6 Å². The molecule has 158 valence electrons. The first-order valence-electron chi connectivity index (χ1n) is 10.2. The lowest BCUT2D eigenvalue weighted by Crippen LogP contribution is -2.45. The van der Waals surface area contributed by atoms with Gasteiger partial charge in [-0.05, 0) is 31.4 Å². The summed E-state index contributed by atoms with van der Waals surface area (Å²) in [6.07, 6.45) is 7.10. The first-order valence-corrected chi connectivity index (χ1v) is 10.6. The molecular weight excluding hydrogens is 398 g/mol. The number of rotatable bonds is 7. The highest BCUT2D eigenvalue weighted by Crippen LogP contribution is 2.31. The summed E-state index contributed by atoms with van der Waals surface area (Å²) in [7, 11) is 1.76. The Kier molecular flexibility index (Phi) is 7.62. The average Bonchev–Trinajstić information content (AvgIpc) is 2.78. The maximum absolute atomic E-state index is 13.0. The van der Waals surface area contributed by atoms with E-state index in [2.05, 4.69) is 52.6 Å². The van der Waals surface area contributed by atoms with E-state index in [1.54, 1.807) is 19.2 Å². The van der Waals surface area contributed by atoms with Crippen molar-refractivity contribution in [2.75, 3.05) is 32.1 Å². The molecular formula is C24H28ClN3O2. The van der Waals surface area contributed by atoms with Gasteiger partial charge in [0.1, 0.15) is 12.4 Å². The quantitative estimate of drug-likeness (QED) is 0.647. The van der Waals surface area contributed by atoms with Gasteiger partial charge in [-0.3, -0.25) is 9.69 Å². The number of nitrogens with one attached hydrogen (secondary N) is 2. The van der Waals surface area contributed by atoms with E-state index in [0.717, 1.165) is 25.9 Å². The van der Waals surface area contributed by atoms with Crippen molar-refractivity contribution in [1.29, 1.82) is 0 Å². The lowest BCUT2D eigenvalue weighted by Gasteiger charge is -2.36. The van der Waals surface area contributed by atoms with Crippen molar-refractivity contribution < 1.29 is 9.53 Å². The predicted octanol–water partition coefficient (Wildman–Crippen LogP) is 4.35. The van der Waals surface area contributed by atoms with Gasteiger partial charge in [0, 0.05) is 38.3 Å². The number of halogens is 1. The van der Waals surface area contributed by atoms with E-state index >= 15 is 0 Å². The smallest absolute Gasteiger partial charge is 0.255 e. The summed E-state index contributed by atoms with van der Waals surface area (Å²) in [5.41, 5.74) is 2.40. The Labute approximate surface area is 183 Å². The van der Waals surface area contributed by atoms with Crippen LogP contribution in [0.4, 0.5) is 5.69 Å². The summed E-state index contributed by atoms with van der Waals surface area (Å²) in [5.74, 6) is 2.66. The van der Waals surface area contributed by atoms with Crippen molar-refractivity contribution in [2.45, 2.75) is 31.8 Å². The largest absolute Gasteiger partial charge is 0.480 e. The molecule has 2 aromatic carbocycles. The van der Waals surface area contributed by atoms with Crippen LogP contribution in [0, 0.1) is 12.3 Å². The Bertz CT molecular complexity index is 903. The highest BCUT2D eigenvalue weighted by atomic mass is 35.5. The van der Waals surface area contributed by atoms with Crippen LogP contribution in [0.3, 0.4) is 0 Å². The zero-order valence-corrected chi connectivity index (χ0v) is 18.2. The summed E-state index contributed by atoms with van der Waals surface area (Å²) >= 11 is 6.29. The van der Waals surface area contributed by atoms with Crippen LogP contribution in [0.15, 0.2) is 42.5 Å². The maximum atomic E-state index is 13.0. The third-order valence-electron chi connectivity index (χ3n) is 5.59. The summed E-state index contributed by atoms with van der Waals surface area (Å²) in [6, 6.07) is 14.3. The van der Waals surface area contributed by atoms with Gasteiger partial charge in [0.2, 0.25) is 0 Å². The topological polar surface area (TPSA) is 53.6 Å². The third-order valence-corrected chi connectivity index (χ3v) is 5.90. The number of benzene rings is 2. The number of anilines is 1. The minimum Gasteiger partial charge on any atom is -0.480 e. The van der Waals surface area contributed by atoms with Crippen molar-refractivity contribution in [3.63, 3.8) is 0 Å². The van der Waals surface area contributed by atoms with Crippen LogP contribution in [-0.2, 0) is 0 Å². The minimum absolute atomic E-state index is 0.0842. The molecule has 1 fully saturated rings. The molecule has 30 heavy (non-hydrogen) atoms. The predicted molar refractivity (Wildman–Crippen MR) is 122 cm³/mol. The molecule has 0 saturated carbocycles. The van der Waals surface area contributed by atoms with Gasteiger partial charge >= 0.3 is 0 Å². The molecule has 1 amide bonds. The Morgan fingerprint density at radius 3 is 2.63 bits per heavy atom. The number of terminal acetylenes is 1. The van der Waals surface area contributed by atoms with E-state index in [-0.39, 0.29) is 18.6 Å². The first-order chi connectivity index (χ1) is 14.5. The fourth-order valence-corrected chi connectivity index (χ4v) is 4.06. The standard InChI is InChI=1S/C24H28ClN3O2/c1-4-14-30-23-16-22(26-3)21(25)15-20(23)24(29)27-19-10-12-28(13-11-19)17(2)18-8-6-5-7-9-18/h1,5-9,15-17,19,26H,10-14H2,2-3H3,(H,27,29). The van der Waals surface area contributed by atoms with Crippen molar-refractivity contribution in [1.82, 2.24) is 10.2 Å². The van der Waals surface area contributed by atoms with Gasteiger partial charge in [-0.15, -0.1) is 6.42 Å². The van der Waals surface area contributed by atoms with Crippen LogP contribution in [0.25, 0.3) is 0 Å². The van der Waals surface area contributed by atoms with Crippen LogP contribution >= 0.6 is 11.6 Å². The molecule has 1 atom stereocenters. The third kappa shape index (κ3) is 5.27. The van der Waals surface area contributed by atoms with Gasteiger partial charge in [0.25, 0.3) is 5.91 Å². The van der Waals surface area contributed by atoms with Crippen LogP contribution in [0.5, 0.6) is 5.75 Å². The maximum Gasteiger partial charge on any atom is 0.255 e.